The number of halogens is 1. The molecule has 2 aromatic carbocycles. The molecule has 1 amide bonds. The molecule has 0 unspecified atom stereocenters. The summed E-state index contributed by atoms with van der Waals surface area (Å²) in [5.41, 5.74) is 3.26. The Bertz CT molecular complexity index is 1240. The highest BCUT2D eigenvalue weighted by Crippen LogP contribution is 2.44. The molecular weight excluding hydrogens is 435 g/mol. The Morgan fingerprint density at radius 3 is 2.45 bits per heavy atom. The molecule has 7 heteroatoms. The van der Waals surface area contributed by atoms with E-state index in [0.717, 1.165) is 43.5 Å². The van der Waals surface area contributed by atoms with Gasteiger partial charge in [-0.25, -0.2) is 8.70 Å². The van der Waals surface area contributed by atoms with Gasteiger partial charge in [-0.2, -0.15) is 5.26 Å². The second kappa shape index (κ2) is 8.77. The minimum atomic E-state index is -0.402. The average Bonchev–Trinajstić information content (AvgIpc) is 2.83. The number of nitriles is 1. The van der Waals surface area contributed by atoms with Gasteiger partial charge in [0.25, 0.3) is 5.91 Å². The van der Waals surface area contributed by atoms with E-state index in [0.29, 0.717) is 35.1 Å². The van der Waals surface area contributed by atoms with Crippen molar-refractivity contribution in [3.05, 3.63) is 65.6 Å². The van der Waals surface area contributed by atoms with E-state index in [1.54, 1.807) is 24.2 Å². The number of amides is 1. The van der Waals surface area contributed by atoms with E-state index in [1.807, 2.05) is 35.4 Å². The lowest BCUT2D eigenvalue weighted by Gasteiger charge is -2.35. The molecule has 1 aliphatic heterocycles. The van der Waals surface area contributed by atoms with Crippen molar-refractivity contribution in [1.29, 1.82) is 5.26 Å². The van der Waals surface area contributed by atoms with Crippen LogP contribution in [0.5, 0.6) is 0 Å². The van der Waals surface area contributed by atoms with Crippen molar-refractivity contribution in [1.82, 2.24) is 14.2 Å². The standard InChI is InChI=1S/C26H25FN4OS/c1-33-31-13-11-30(12-14-31)25(32)22-16-29-23-8-7-20(27)15-21(23)24(22)18-3-5-19(6-4-18)26(17-28)9-2-10-26/h3-8,15-16H,2,9-14H2,1H3. The minimum Gasteiger partial charge on any atom is -0.336 e. The van der Waals surface area contributed by atoms with Gasteiger partial charge in [-0.1, -0.05) is 36.2 Å². The van der Waals surface area contributed by atoms with Gasteiger partial charge >= 0.3 is 0 Å². The fourth-order valence-corrected chi connectivity index (χ4v) is 5.36. The van der Waals surface area contributed by atoms with Crippen LogP contribution in [0, 0.1) is 17.1 Å². The molecule has 0 N–H and O–H groups in total. The van der Waals surface area contributed by atoms with Gasteiger partial charge in [0.2, 0.25) is 0 Å². The molecule has 168 valence electrons. The van der Waals surface area contributed by atoms with Crippen molar-refractivity contribution in [3.63, 3.8) is 0 Å². The summed E-state index contributed by atoms with van der Waals surface area (Å²) >= 11 is 1.69. The number of hydrogen-bond acceptors (Lipinski definition) is 5. The Morgan fingerprint density at radius 1 is 1.12 bits per heavy atom. The Balaban J connectivity index is 1.58. The molecule has 0 radical (unpaired) electrons. The van der Waals surface area contributed by atoms with Gasteiger partial charge in [-0.05, 0) is 54.8 Å². The fraction of sp³-hybridized carbons (Fsp3) is 0.346. The Hall–Kier alpha value is -2.95. The molecule has 0 bridgehead atoms. The predicted octanol–water partition coefficient (Wildman–Crippen LogP) is 5.02. The van der Waals surface area contributed by atoms with Crippen LogP contribution >= 0.6 is 11.9 Å². The van der Waals surface area contributed by atoms with Crippen LogP contribution in [0.2, 0.25) is 0 Å². The molecule has 3 aromatic rings. The van der Waals surface area contributed by atoms with Crippen LogP contribution in [0.3, 0.4) is 0 Å². The van der Waals surface area contributed by atoms with E-state index in [2.05, 4.69) is 15.4 Å². The molecule has 1 saturated heterocycles. The van der Waals surface area contributed by atoms with E-state index < -0.39 is 5.41 Å². The SMILES string of the molecule is CSN1CCN(C(=O)c2cnc3ccc(F)cc3c2-c2ccc(C3(C#N)CCC3)cc2)CC1. The Morgan fingerprint density at radius 2 is 1.85 bits per heavy atom. The molecule has 0 atom stereocenters. The lowest BCUT2D eigenvalue weighted by molar-refractivity contribution is 0.0704. The highest BCUT2D eigenvalue weighted by Gasteiger charge is 2.39. The van der Waals surface area contributed by atoms with E-state index >= 15 is 0 Å². The number of pyridine rings is 1. The van der Waals surface area contributed by atoms with Crippen LogP contribution in [0.4, 0.5) is 4.39 Å². The van der Waals surface area contributed by atoms with Crippen LogP contribution in [0.1, 0.15) is 35.2 Å². The van der Waals surface area contributed by atoms with Crippen molar-refractivity contribution in [3.8, 4) is 17.2 Å². The zero-order valence-electron chi connectivity index (χ0n) is 18.6. The van der Waals surface area contributed by atoms with Crippen LogP contribution < -0.4 is 0 Å². The summed E-state index contributed by atoms with van der Waals surface area (Å²) in [6.07, 6.45) is 6.47. The summed E-state index contributed by atoms with van der Waals surface area (Å²) in [7, 11) is 0. The number of carbonyl (C=O) groups excluding carboxylic acids is 1. The third-order valence-corrected chi connectivity index (χ3v) is 7.87. The normalized spacial score (nSPS) is 18.0. The summed E-state index contributed by atoms with van der Waals surface area (Å²) in [5, 5.41) is 10.3. The van der Waals surface area contributed by atoms with Gasteiger partial charge in [-0.3, -0.25) is 9.78 Å². The Labute approximate surface area is 197 Å². The smallest absolute Gasteiger partial charge is 0.256 e. The molecule has 33 heavy (non-hydrogen) atoms. The van der Waals surface area contributed by atoms with Gasteiger partial charge in [0.05, 0.1) is 22.6 Å². The van der Waals surface area contributed by atoms with Gasteiger partial charge in [0, 0.05) is 43.3 Å². The molecule has 2 fully saturated rings. The second-order valence-corrected chi connectivity index (χ2v) is 9.62. The van der Waals surface area contributed by atoms with Crippen molar-refractivity contribution < 1.29 is 9.18 Å². The van der Waals surface area contributed by atoms with Gasteiger partial charge in [0.15, 0.2) is 0 Å². The third kappa shape index (κ3) is 3.88. The van der Waals surface area contributed by atoms with Gasteiger partial charge in [-0.15, -0.1) is 0 Å². The predicted molar refractivity (Wildman–Crippen MR) is 129 cm³/mol. The average molecular weight is 461 g/mol. The number of benzene rings is 2. The molecule has 2 aliphatic rings. The molecule has 1 aromatic heterocycles. The first kappa shape index (κ1) is 21.9. The fourth-order valence-electron chi connectivity index (χ4n) is 4.83. The first-order valence-electron chi connectivity index (χ1n) is 11.2. The minimum absolute atomic E-state index is 0.0824. The van der Waals surface area contributed by atoms with E-state index in [1.165, 1.54) is 12.1 Å². The maximum Gasteiger partial charge on any atom is 0.256 e. The molecular formula is C26H25FN4OS. The van der Waals surface area contributed by atoms with E-state index in [9.17, 15) is 14.4 Å². The zero-order valence-corrected chi connectivity index (χ0v) is 19.4. The summed E-state index contributed by atoms with van der Waals surface area (Å²) < 4.78 is 16.5. The summed E-state index contributed by atoms with van der Waals surface area (Å²) in [4.78, 5) is 19.9. The topological polar surface area (TPSA) is 60.2 Å². The van der Waals surface area contributed by atoms with E-state index in [-0.39, 0.29) is 11.7 Å². The van der Waals surface area contributed by atoms with Crippen molar-refractivity contribution in [2.75, 3.05) is 32.4 Å². The second-order valence-electron chi connectivity index (χ2n) is 8.74. The molecule has 5 rings (SSSR count). The molecule has 2 heterocycles. The van der Waals surface area contributed by atoms with Gasteiger partial charge < -0.3 is 4.90 Å². The zero-order chi connectivity index (χ0) is 23.0. The first-order valence-corrected chi connectivity index (χ1v) is 12.4. The van der Waals surface area contributed by atoms with Crippen LogP contribution in [-0.4, -0.2) is 52.5 Å². The van der Waals surface area contributed by atoms with Crippen molar-refractivity contribution in [2.24, 2.45) is 0 Å². The molecule has 1 aliphatic carbocycles. The number of rotatable bonds is 4. The van der Waals surface area contributed by atoms with E-state index in [4.69, 9.17) is 0 Å². The van der Waals surface area contributed by atoms with Crippen molar-refractivity contribution in [2.45, 2.75) is 24.7 Å². The largest absolute Gasteiger partial charge is 0.336 e. The maximum atomic E-state index is 14.3. The molecule has 5 nitrogen and oxygen atoms in total. The number of nitrogens with zero attached hydrogens (tertiary/aromatic N) is 4. The number of piperazine rings is 1. The maximum absolute atomic E-state index is 14.3. The third-order valence-electron chi connectivity index (χ3n) is 6.99. The lowest BCUT2D eigenvalue weighted by Crippen LogP contribution is -2.46. The summed E-state index contributed by atoms with van der Waals surface area (Å²) in [5.74, 6) is -0.445. The lowest BCUT2D eigenvalue weighted by atomic mass is 9.65. The highest BCUT2D eigenvalue weighted by molar-refractivity contribution is 7.96. The molecule has 0 spiro atoms. The number of carbonyl (C=O) groups is 1. The summed E-state index contributed by atoms with van der Waals surface area (Å²) in [6, 6.07) is 14.8. The first-order chi connectivity index (χ1) is 16.0. The Kier molecular flexibility index (Phi) is 5.81. The van der Waals surface area contributed by atoms with Gasteiger partial charge in [0.1, 0.15) is 5.82 Å². The number of fused-ring (bicyclic) bond motifs is 1. The highest BCUT2D eigenvalue weighted by atomic mass is 32.2. The number of aromatic nitrogens is 1. The van der Waals surface area contributed by atoms with Crippen molar-refractivity contribution >= 4 is 28.8 Å². The monoisotopic (exact) mass is 460 g/mol. The number of hydrogen-bond donors (Lipinski definition) is 0. The van der Waals surface area contributed by atoms with Crippen LogP contribution in [0.25, 0.3) is 22.0 Å². The van der Waals surface area contributed by atoms with Crippen LogP contribution in [-0.2, 0) is 5.41 Å². The van der Waals surface area contributed by atoms with Crippen LogP contribution in [0.15, 0.2) is 48.7 Å². The summed E-state index contributed by atoms with van der Waals surface area (Å²) in [6.45, 7) is 2.90. The quantitative estimate of drug-likeness (QED) is 0.512. The molecule has 1 saturated carbocycles.